The minimum absolute atomic E-state index is 0.288. The molecule has 110 valence electrons. The topological polar surface area (TPSA) is 23.6 Å². The lowest BCUT2D eigenvalue weighted by molar-refractivity contribution is 0.0777. The van der Waals surface area contributed by atoms with E-state index in [1.165, 1.54) is 45.2 Å². The summed E-state index contributed by atoms with van der Waals surface area (Å²) in [6.45, 7) is 5.35. The van der Waals surface area contributed by atoms with Gasteiger partial charge in [-0.25, -0.2) is 0 Å². The minimum atomic E-state index is 0.288. The van der Waals surface area contributed by atoms with Gasteiger partial charge in [0.25, 0.3) is 0 Å². The number of likely N-dealkylation sites (tertiary alicyclic amines) is 2. The lowest BCUT2D eigenvalue weighted by atomic mass is 10.00. The van der Waals surface area contributed by atoms with Crippen LogP contribution in [0.4, 0.5) is 0 Å². The van der Waals surface area contributed by atoms with E-state index in [-0.39, 0.29) is 5.78 Å². The van der Waals surface area contributed by atoms with Crippen LogP contribution in [0.2, 0.25) is 0 Å². The quantitative estimate of drug-likeness (QED) is 0.797. The molecule has 1 aromatic rings. The van der Waals surface area contributed by atoms with E-state index >= 15 is 0 Å². The second-order valence-corrected chi connectivity index (χ2v) is 6.95. The van der Waals surface area contributed by atoms with Crippen LogP contribution in [0, 0.1) is 0 Å². The van der Waals surface area contributed by atoms with Crippen molar-refractivity contribution in [2.45, 2.75) is 38.1 Å². The van der Waals surface area contributed by atoms with Crippen molar-refractivity contribution >= 4 is 17.1 Å². The summed E-state index contributed by atoms with van der Waals surface area (Å²) in [7, 11) is 0. The van der Waals surface area contributed by atoms with Crippen molar-refractivity contribution in [3.8, 4) is 0 Å². The molecule has 0 atom stereocenters. The highest BCUT2D eigenvalue weighted by molar-refractivity contribution is 7.12. The molecule has 0 aromatic carbocycles. The van der Waals surface area contributed by atoms with Crippen LogP contribution >= 0.6 is 11.3 Å². The molecule has 0 bridgehead atoms. The van der Waals surface area contributed by atoms with Crippen LogP contribution in [-0.4, -0.2) is 54.3 Å². The average Bonchev–Trinajstić information content (AvgIpc) is 3.03. The molecule has 0 saturated carbocycles. The van der Waals surface area contributed by atoms with Crippen LogP contribution in [0.25, 0.3) is 0 Å². The highest BCUT2D eigenvalue weighted by Gasteiger charge is 2.26. The predicted octanol–water partition coefficient (Wildman–Crippen LogP) is 2.88. The van der Waals surface area contributed by atoms with Crippen LogP contribution in [-0.2, 0) is 0 Å². The van der Waals surface area contributed by atoms with Gasteiger partial charge in [-0.05, 0) is 50.2 Å². The van der Waals surface area contributed by atoms with Gasteiger partial charge in [0.2, 0.25) is 0 Å². The molecule has 4 heteroatoms. The highest BCUT2D eigenvalue weighted by atomic mass is 32.1. The molecule has 2 aliphatic rings. The molecule has 1 aromatic heterocycles. The third-order valence-electron chi connectivity index (χ3n) is 4.63. The Bertz CT molecular complexity index is 418. The zero-order valence-electron chi connectivity index (χ0n) is 12.1. The maximum atomic E-state index is 12.1. The zero-order chi connectivity index (χ0) is 13.8. The second-order valence-electron chi connectivity index (χ2n) is 6.00. The Hall–Kier alpha value is -0.710. The Balaban J connectivity index is 1.45. The summed E-state index contributed by atoms with van der Waals surface area (Å²) in [6.07, 6.45) is 6.62. The van der Waals surface area contributed by atoms with Gasteiger partial charge in [-0.1, -0.05) is 12.5 Å². The molecule has 20 heavy (non-hydrogen) atoms. The molecule has 0 spiro atoms. The number of piperidine rings is 2. The number of carbonyl (C=O) groups is 1. The Morgan fingerprint density at radius 2 is 1.90 bits per heavy atom. The van der Waals surface area contributed by atoms with Crippen molar-refractivity contribution in [2.24, 2.45) is 0 Å². The zero-order valence-corrected chi connectivity index (χ0v) is 12.9. The summed E-state index contributed by atoms with van der Waals surface area (Å²) in [5.74, 6) is 0.288. The SMILES string of the molecule is O=C(CN1CCC(N2CCCCC2)CC1)c1cccs1. The summed E-state index contributed by atoms with van der Waals surface area (Å²) in [4.78, 5) is 18.0. The van der Waals surface area contributed by atoms with E-state index < -0.39 is 0 Å². The van der Waals surface area contributed by atoms with Crippen LogP contribution < -0.4 is 0 Å². The first-order valence-corrected chi connectivity index (χ1v) is 8.74. The molecule has 3 heterocycles. The Labute approximate surface area is 125 Å². The van der Waals surface area contributed by atoms with Gasteiger partial charge in [-0.15, -0.1) is 11.3 Å². The maximum Gasteiger partial charge on any atom is 0.186 e. The van der Waals surface area contributed by atoms with E-state index in [9.17, 15) is 4.79 Å². The molecule has 0 radical (unpaired) electrons. The van der Waals surface area contributed by atoms with E-state index in [0.717, 1.165) is 24.0 Å². The van der Waals surface area contributed by atoms with Gasteiger partial charge in [0.05, 0.1) is 11.4 Å². The first-order chi connectivity index (χ1) is 9.83. The van der Waals surface area contributed by atoms with E-state index in [4.69, 9.17) is 0 Å². The Kier molecular flexibility index (Phi) is 4.86. The van der Waals surface area contributed by atoms with Crippen molar-refractivity contribution in [3.63, 3.8) is 0 Å². The van der Waals surface area contributed by atoms with Gasteiger partial charge in [-0.3, -0.25) is 9.69 Å². The maximum absolute atomic E-state index is 12.1. The number of hydrogen-bond donors (Lipinski definition) is 0. The number of carbonyl (C=O) groups excluding carboxylic acids is 1. The molecule has 0 aliphatic carbocycles. The van der Waals surface area contributed by atoms with Gasteiger partial charge < -0.3 is 4.90 Å². The Morgan fingerprint density at radius 3 is 2.55 bits per heavy atom. The summed E-state index contributed by atoms with van der Waals surface area (Å²) in [5.41, 5.74) is 0. The molecule has 0 N–H and O–H groups in total. The summed E-state index contributed by atoms with van der Waals surface area (Å²) < 4.78 is 0. The normalized spacial score (nSPS) is 23.0. The molecule has 2 fully saturated rings. The fraction of sp³-hybridized carbons (Fsp3) is 0.688. The molecule has 0 unspecified atom stereocenters. The number of thiophene rings is 1. The fourth-order valence-corrected chi connectivity index (χ4v) is 4.10. The van der Waals surface area contributed by atoms with Gasteiger partial charge in [0.1, 0.15) is 0 Å². The molecule has 0 amide bonds. The van der Waals surface area contributed by atoms with Crippen molar-refractivity contribution in [2.75, 3.05) is 32.7 Å². The molecule has 2 aliphatic heterocycles. The highest BCUT2D eigenvalue weighted by Crippen LogP contribution is 2.21. The lowest BCUT2D eigenvalue weighted by Crippen LogP contribution is -2.47. The smallest absolute Gasteiger partial charge is 0.186 e. The van der Waals surface area contributed by atoms with Crippen molar-refractivity contribution < 1.29 is 4.79 Å². The molecular weight excluding hydrogens is 268 g/mol. The number of rotatable bonds is 4. The molecule has 2 saturated heterocycles. The Morgan fingerprint density at radius 1 is 1.15 bits per heavy atom. The standard InChI is InChI=1S/C16H24N2OS/c19-15(16-5-4-12-20-16)13-17-10-6-14(7-11-17)18-8-2-1-3-9-18/h4-5,12,14H,1-3,6-11,13H2. The van der Waals surface area contributed by atoms with Crippen LogP contribution in [0.1, 0.15) is 41.8 Å². The monoisotopic (exact) mass is 292 g/mol. The number of hydrogen-bond acceptors (Lipinski definition) is 4. The predicted molar refractivity (Wildman–Crippen MR) is 83.5 cm³/mol. The number of ketones is 1. The molecular formula is C16H24N2OS. The van der Waals surface area contributed by atoms with E-state index in [1.54, 1.807) is 11.3 Å². The fourth-order valence-electron chi connectivity index (χ4n) is 3.44. The van der Waals surface area contributed by atoms with Crippen molar-refractivity contribution in [1.29, 1.82) is 0 Å². The molecule has 3 nitrogen and oxygen atoms in total. The summed E-state index contributed by atoms with van der Waals surface area (Å²) in [5, 5.41) is 1.98. The van der Waals surface area contributed by atoms with E-state index in [0.29, 0.717) is 6.54 Å². The molecule has 3 rings (SSSR count). The summed E-state index contributed by atoms with van der Waals surface area (Å²) in [6, 6.07) is 4.66. The van der Waals surface area contributed by atoms with Gasteiger partial charge in [0, 0.05) is 19.1 Å². The first-order valence-electron chi connectivity index (χ1n) is 7.86. The van der Waals surface area contributed by atoms with Crippen LogP contribution in [0.15, 0.2) is 17.5 Å². The van der Waals surface area contributed by atoms with Crippen LogP contribution in [0.3, 0.4) is 0 Å². The van der Waals surface area contributed by atoms with Gasteiger partial charge >= 0.3 is 0 Å². The summed E-state index contributed by atoms with van der Waals surface area (Å²) >= 11 is 1.56. The first kappa shape index (κ1) is 14.2. The van der Waals surface area contributed by atoms with Crippen molar-refractivity contribution in [1.82, 2.24) is 9.80 Å². The largest absolute Gasteiger partial charge is 0.300 e. The number of Topliss-reactive ketones (excluding diaryl/α,β-unsaturated/α-hetero) is 1. The average molecular weight is 292 g/mol. The van der Waals surface area contributed by atoms with E-state index in [1.807, 2.05) is 17.5 Å². The van der Waals surface area contributed by atoms with Crippen LogP contribution in [0.5, 0.6) is 0 Å². The third-order valence-corrected chi connectivity index (χ3v) is 5.54. The van der Waals surface area contributed by atoms with Gasteiger partial charge in [0.15, 0.2) is 5.78 Å². The number of nitrogens with zero attached hydrogens (tertiary/aromatic N) is 2. The lowest BCUT2D eigenvalue weighted by Gasteiger charge is -2.40. The van der Waals surface area contributed by atoms with Gasteiger partial charge in [-0.2, -0.15) is 0 Å². The van der Waals surface area contributed by atoms with E-state index in [2.05, 4.69) is 9.80 Å². The minimum Gasteiger partial charge on any atom is -0.300 e. The van der Waals surface area contributed by atoms with Crippen molar-refractivity contribution in [3.05, 3.63) is 22.4 Å². The second kappa shape index (κ2) is 6.83. The third kappa shape index (κ3) is 3.48.